The zero-order chi connectivity index (χ0) is 79.1. The van der Waals surface area contributed by atoms with Crippen molar-refractivity contribution in [2.24, 2.45) is 64.9 Å². The van der Waals surface area contributed by atoms with Crippen molar-refractivity contribution >= 4 is 70.5 Å². The number of hydrogen-bond acceptors (Lipinski definition) is 15. The Bertz CT molecular complexity index is 3480. The Labute approximate surface area is 620 Å². The number of rotatable bonds is 41. The molecule has 3 aromatic carbocycles. The fourth-order valence-electron chi connectivity index (χ4n) is 14.7. The van der Waals surface area contributed by atoms with Gasteiger partial charge in [-0.15, -0.1) is 0 Å². The highest BCUT2D eigenvalue weighted by Crippen LogP contribution is 2.35. The number of ether oxygens (including phenoxy) is 3. The minimum absolute atomic E-state index is 0.00421. The van der Waals surface area contributed by atoms with E-state index in [1.165, 1.54) is 26.0 Å². The Kier molecular flexibility index (Phi) is 34.8. The molecule has 0 bridgehead atoms. The third kappa shape index (κ3) is 24.4. The Morgan fingerprint density at radius 2 is 1.28 bits per heavy atom. The van der Waals surface area contributed by atoms with Crippen molar-refractivity contribution in [2.45, 2.75) is 196 Å². The number of nitrogens with zero attached hydrogens (tertiary/aromatic N) is 4. The highest BCUT2D eigenvalue weighted by atomic mass is 19.2. The van der Waals surface area contributed by atoms with Crippen LogP contribution in [0.5, 0.6) is 5.75 Å². The number of anilines is 1. The molecule has 23 nitrogen and oxygen atoms in total. The Morgan fingerprint density at radius 1 is 0.660 bits per heavy atom. The number of piperidine rings is 1. The topological polar surface area (TPSA) is 303 Å². The van der Waals surface area contributed by atoms with E-state index in [0.29, 0.717) is 37.1 Å². The van der Waals surface area contributed by atoms with E-state index < -0.39 is 142 Å². The van der Waals surface area contributed by atoms with Crippen LogP contribution in [0.1, 0.15) is 157 Å². The predicted octanol–water partition coefficient (Wildman–Crippen LogP) is 9.53. The molecule has 0 saturated carbocycles. The number of nitrogens with two attached hydrogens (primary N) is 1. The van der Waals surface area contributed by atoms with Crippen molar-refractivity contribution in [3.8, 4) is 5.75 Å². The largest absolute Gasteiger partial charge is 0.420 e. The fourth-order valence-corrected chi connectivity index (χ4v) is 14.7. The number of nitrogens with one attached hydrogen (secondary N) is 4. The van der Waals surface area contributed by atoms with Gasteiger partial charge >= 0.3 is 12.0 Å². The molecule has 5 rings (SSSR count). The van der Waals surface area contributed by atoms with Crippen LogP contribution in [0.25, 0.3) is 0 Å². The first-order chi connectivity index (χ1) is 50.0. The number of likely N-dealkylation sites (tertiary alicyclic amines) is 2. The summed E-state index contributed by atoms with van der Waals surface area (Å²) in [6.45, 7) is 19.0. The van der Waals surface area contributed by atoms with Gasteiger partial charge in [0.25, 0.3) is 0 Å². The summed E-state index contributed by atoms with van der Waals surface area (Å²) in [6, 6.07) is 12.7. The number of Topliss-reactive ketones (excluding diaryl/α,β-unsaturated/α-hetero) is 3. The Morgan fingerprint density at radius 3 is 1.84 bits per heavy atom. The summed E-state index contributed by atoms with van der Waals surface area (Å²) in [5.74, 6) is -23.4. The molecule has 106 heavy (non-hydrogen) atoms. The van der Waals surface area contributed by atoms with E-state index in [-0.39, 0.29) is 143 Å². The minimum Gasteiger partial charge on any atom is -0.420 e. The first kappa shape index (κ1) is 88.4. The monoisotopic (exact) mass is 1490 g/mol. The molecule has 588 valence electrons. The molecule has 0 aromatic heterocycles. The van der Waals surface area contributed by atoms with Crippen LogP contribution in [0.3, 0.4) is 0 Å². The zero-order valence-electron chi connectivity index (χ0n) is 64.1. The van der Waals surface area contributed by atoms with Gasteiger partial charge in [0, 0.05) is 115 Å². The van der Waals surface area contributed by atoms with Crippen molar-refractivity contribution in [2.75, 3.05) is 66.9 Å². The van der Waals surface area contributed by atoms with Crippen LogP contribution in [0.2, 0.25) is 0 Å². The van der Waals surface area contributed by atoms with Crippen LogP contribution in [0, 0.1) is 88.3 Å². The number of amides is 8. The summed E-state index contributed by atoms with van der Waals surface area (Å²) in [5.41, 5.74) is 7.10. The SMILES string of the molecule is CC[C@H](C)[C@@H]([C@@H](CC(=O)N1CCC[C@H]1[C@H](OC)[C@@H](C)C(=O)C[C@@H](Cc1ccccc1)C(=O)NCc1ccc(NC(=O)[C@H](CCCNC(N)=O)CC(=O)[C@@H](NC(=O)CCC(=O)N2CCC(C(=O)Oc3c(F)c(F)c(F)c(F)c3F)C(C)C2)C(C)C)cc1)OC)N(C)C(=O)[C@@H](CC(=O)[C@H](C(C)C)N(C)C)C(C)C. The molecule has 2 aliphatic rings. The van der Waals surface area contributed by atoms with E-state index >= 15 is 0 Å². The summed E-state index contributed by atoms with van der Waals surface area (Å²) in [5, 5.41) is 11.0. The molecule has 0 radical (unpaired) electrons. The number of methoxy groups -OCH3 is 2. The van der Waals surface area contributed by atoms with Crippen molar-refractivity contribution in [1.82, 2.24) is 35.6 Å². The van der Waals surface area contributed by atoms with Crippen LogP contribution in [0.4, 0.5) is 32.4 Å². The average Bonchev–Trinajstić information content (AvgIpc) is 0.888. The van der Waals surface area contributed by atoms with Crippen molar-refractivity contribution < 1.29 is 88.9 Å². The van der Waals surface area contributed by atoms with Gasteiger partial charge in [0.1, 0.15) is 5.78 Å². The molecule has 2 aliphatic heterocycles. The minimum atomic E-state index is -2.42. The van der Waals surface area contributed by atoms with E-state index in [4.69, 9.17) is 15.2 Å². The average molecular weight is 1490 g/mol. The lowest BCUT2D eigenvalue weighted by Gasteiger charge is -2.41. The Balaban J connectivity index is 1.20. The molecular weight excluding hydrogens is 1380 g/mol. The molecule has 2 heterocycles. The number of urea groups is 1. The predicted molar refractivity (Wildman–Crippen MR) is 388 cm³/mol. The van der Waals surface area contributed by atoms with Gasteiger partial charge in [-0.05, 0) is 105 Å². The van der Waals surface area contributed by atoms with E-state index in [1.807, 2.05) is 90.9 Å². The summed E-state index contributed by atoms with van der Waals surface area (Å²) in [4.78, 5) is 158. The van der Waals surface area contributed by atoms with Crippen LogP contribution in [-0.4, -0.2) is 182 Å². The second-order valence-electron chi connectivity index (χ2n) is 29.8. The Hall–Kier alpha value is -8.24. The molecule has 2 fully saturated rings. The van der Waals surface area contributed by atoms with Crippen molar-refractivity contribution in [3.05, 3.63) is 94.8 Å². The third-order valence-corrected chi connectivity index (χ3v) is 20.9. The number of benzene rings is 3. The first-order valence-electron chi connectivity index (χ1n) is 36.9. The van der Waals surface area contributed by atoms with E-state index in [1.54, 1.807) is 61.9 Å². The molecule has 2 saturated heterocycles. The normalized spacial score (nSPS) is 18.2. The second kappa shape index (κ2) is 41.8. The van der Waals surface area contributed by atoms with Crippen molar-refractivity contribution in [1.29, 1.82) is 0 Å². The van der Waals surface area contributed by atoms with Crippen LogP contribution in [0.15, 0.2) is 54.6 Å². The maximum atomic E-state index is 14.7. The zero-order valence-corrected chi connectivity index (χ0v) is 64.1. The van der Waals surface area contributed by atoms with E-state index in [9.17, 15) is 74.7 Å². The quantitative estimate of drug-likeness (QED) is 0.00882. The van der Waals surface area contributed by atoms with Gasteiger partial charge in [0.2, 0.25) is 70.3 Å². The highest BCUT2D eigenvalue weighted by Gasteiger charge is 2.45. The standard InChI is InChI=1S/C78H112F5N9O14/c1-16-46(8)71(90(13)76(101)55(43(2)3)39-59(95)70(45(6)7)89(11)12)60(104-14)40-63(98)92-34-21-25-56(92)72(105-15)48(10)57(93)38-52(36-49-22-18-17-19-23-49)74(99)86-41-50-26-28-53(29-27-50)87-75(100)51(24-20-33-85-78(84)103)37-58(94)69(44(4)5)88-61(96)30-31-62(97)91-35-32-54(47(9)42-91)77(102)106-73-67(82)65(80)64(79)66(81)68(73)83/h17-19,22-23,26-29,43-48,51-52,54-56,60,69-72H,16,20-21,24-25,30-42H2,1-15H3,(H,86,99)(H,87,100)(H,88,96)(H3,84,85,103)/t46-,47?,48-,51+,52+,54?,55-,56-,60+,69-,70-,71-,72+/m0/s1. The highest BCUT2D eigenvalue weighted by molar-refractivity contribution is 5.98. The molecule has 0 aliphatic carbocycles. The van der Waals surface area contributed by atoms with Crippen molar-refractivity contribution in [3.63, 3.8) is 0 Å². The lowest BCUT2D eigenvalue weighted by Crippen LogP contribution is -2.54. The summed E-state index contributed by atoms with van der Waals surface area (Å²) in [6.07, 6.45) is -0.220. The van der Waals surface area contributed by atoms with Gasteiger partial charge in [-0.2, -0.15) is 8.78 Å². The van der Waals surface area contributed by atoms with Gasteiger partial charge in [0.15, 0.2) is 11.6 Å². The lowest BCUT2D eigenvalue weighted by molar-refractivity contribution is -0.149. The molecule has 0 spiro atoms. The van der Waals surface area contributed by atoms with Gasteiger partial charge in [-0.1, -0.05) is 118 Å². The van der Waals surface area contributed by atoms with Gasteiger partial charge in [-0.25, -0.2) is 18.0 Å². The second-order valence-corrected chi connectivity index (χ2v) is 29.8. The number of esters is 1. The number of ketones is 3. The number of carbonyl (C=O) groups is 11. The van der Waals surface area contributed by atoms with Crippen LogP contribution < -0.4 is 31.7 Å². The van der Waals surface area contributed by atoms with Gasteiger partial charge in [0.05, 0.1) is 48.7 Å². The van der Waals surface area contributed by atoms with Gasteiger partial charge < -0.3 is 55.9 Å². The molecular formula is C78H112F5N9O14. The van der Waals surface area contributed by atoms with Gasteiger partial charge in [-0.3, -0.25) is 52.8 Å². The number of halogens is 5. The molecule has 28 heteroatoms. The summed E-state index contributed by atoms with van der Waals surface area (Å²) in [7, 11) is 8.51. The molecule has 3 aromatic rings. The van der Waals surface area contributed by atoms with Crippen LogP contribution >= 0.6 is 0 Å². The number of hydrogen-bond donors (Lipinski definition) is 5. The smallest absolute Gasteiger partial charge is 0.314 e. The van der Waals surface area contributed by atoms with Crippen LogP contribution in [-0.2, 0) is 70.4 Å². The lowest BCUT2D eigenvalue weighted by atomic mass is 9.83. The summed E-state index contributed by atoms with van der Waals surface area (Å²) < 4.78 is 86.6. The number of carbonyl (C=O) groups excluding carboxylic acids is 11. The van der Waals surface area contributed by atoms with E-state index in [2.05, 4.69) is 26.0 Å². The maximum Gasteiger partial charge on any atom is 0.314 e. The molecule has 6 N–H and O–H groups in total. The number of primary amides is 1. The molecule has 13 atom stereocenters. The summed E-state index contributed by atoms with van der Waals surface area (Å²) >= 11 is 0. The maximum absolute atomic E-state index is 14.7. The molecule has 8 amide bonds. The third-order valence-electron chi connectivity index (χ3n) is 20.9. The first-order valence-corrected chi connectivity index (χ1v) is 36.9. The molecule has 2 unspecified atom stereocenters. The van der Waals surface area contributed by atoms with E-state index in [0.717, 1.165) is 5.56 Å². The number of likely N-dealkylation sites (N-methyl/N-ethyl adjacent to an activating group) is 2. The fraction of sp³-hybridized carbons (Fsp3) is 0.628.